The molecule has 5 heteroatoms. The topological polar surface area (TPSA) is 46.1 Å². The molecule has 4 nitrogen and oxygen atoms in total. The van der Waals surface area contributed by atoms with Crippen LogP contribution in [0.15, 0.2) is 71.6 Å². The number of rotatable bonds is 4. The summed E-state index contributed by atoms with van der Waals surface area (Å²) in [5, 5.41) is 10.6. The number of fused-ring (bicyclic) bond motifs is 1. The Morgan fingerprint density at radius 1 is 1.16 bits per heavy atom. The normalized spacial score (nSPS) is 17.5. The van der Waals surface area contributed by atoms with Crippen LogP contribution in [0.3, 0.4) is 0 Å². The van der Waals surface area contributed by atoms with Crippen molar-refractivity contribution in [1.29, 1.82) is 0 Å². The number of benzene rings is 1. The average molecular weight is 398 g/mol. The summed E-state index contributed by atoms with van der Waals surface area (Å²) in [6.45, 7) is 1.30. The highest BCUT2D eigenvalue weighted by Crippen LogP contribution is 2.31. The van der Waals surface area contributed by atoms with E-state index in [-0.39, 0.29) is 5.78 Å². The molecule has 0 fully saturated rings. The van der Waals surface area contributed by atoms with Gasteiger partial charge in [0.25, 0.3) is 0 Å². The minimum absolute atomic E-state index is 0.0177. The van der Waals surface area contributed by atoms with Crippen molar-refractivity contribution in [3.05, 3.63) is 88.4 Å². The van der Waals surface area contributed by atoms with Crippen molar-refractivity contribution in [1.82, 2.24) is 4.57 Å². The number of Topliss-reactive ketones (excluding diaryl/α,β-unsaturated/α-hetero) is 1. The zero-order valence-electron chi connectivity index (χ0n) is 13.5. The SMILES string of the molecule is O=C1c2cccn2C[C@H]1[C@@H](O)c1cc[n+](Cc2ccc(Br)cc2)cc1. The average Bonchev–Trinajstić information content (AvgIpc) is 3.20. The second-order valence-corrected chi connectivity index (χ2v) is 7.31. The van der Waals surface area contributed by atoms with Gasteiger partial charge in [-0.15, -0.1) is 0 Å². The largest absolute Gasteiger partial charge is 0.388 e. The Hall–Kier alpha value is -2.24. The fraction of sp³-hybridized carbons (Fsp3) is 0.200. The monoisotopic (exact) mass is 397 g/mol. The molecule has 4 rings (SSSR count). The number of hydrogen-bond acceptors (Lipinski definition) is 2. The number of carbonyl (C=O) groups excluding carboxylic acids is 1. The van der Waals surface area contributed by atoms with Crippen molar-refractivity contribution in [2.75, 3.05) is 0 Å². The number of aliphatic hydroxyl groups excluding tert-OH is 1. The van der Waals surface area contributed by atoms with Crippen LogP contribution in [-0.2, 0) is 13.1 Å². The second kappa shape index (κ2) is 6.58. The van der Waals surface area contributed by atoms with E-state index < -0.39 is 12.0 Å². The summed E-state index contributed by atoms with van der Waals surface area (Å²) in [4.78, 5) is 12.4. The Balaban J connectivity index is 1.47. The smallest absolute Gasteiger partial charge is 0.187 e. The van der Waals surface area contributed by atoms with Crippen LogP contribution >= 0.6 is 15.9 Å². The van der Waals surface area contributed by atoms with Crippen LogP contribution in [0.25, 0.3) is 0 Å². The van der Waals surface area contributed by atoms with E-state index in [1.807, 2.05) is 59.6 Å². The van der Waals surface area contributed by atoms with Gasteiger partial charge in [0.1, 0.15) is 0 Å². The van der Waals surface area contributed by atoms with Crippen LogP contribution in [0.5, 0.6) is 0 Å². The molecule has 0 spiro atoms. The van der Waals surface area contributed by atoms with Gasteiger partial charge in [-0.1, -0.05) is 28.1 Å². The lowest BCUT2D eigenvalue weighted by molar-refractivity contribution is -0.688. The van der Waals surface area contributed by atoms with Gasteiger partial charge < -0.3 is 9.67 Å². The predicted molar refractivity (Wildman–Crippen MR) is 97.1 cm³/mol. The van der Waals surface area contributed by atoms with Crippen molar-refractivity contribution in [2.24, 2.45) is 5.92 Å². The first-order valence-electron chi connectivity index (χ1n) is 8.23. The van der Waals surface area contributed by atoms with Gasteiger partial charge in [-0.3, -0.25) is 4.79 Å². The van der Waals surface area contributed by atoms with Crippen LogP contribution in [0.2, 0.25) is 0 Å². The maximum Gasteiger partial charge on any atom is 0.187 e. The first-order chi connectivity index (χ1) is 12.1. The molecule has 126 valence electrons. The Morgan fingerprint density at radius 3 is 2.56 bits per heavy atom. The van der Waals surface area contributed by atoms with E-state index >= 15 is 0 Å². The minimum Gasteiger partial charge on any atom is -0.388 e. The summed E-state index contributed by atoms with van der Waals surface area (Å²) in [5.41, 5.74) is 2.66. The first kappa shape index (κ1) is 16.2. The molecule has 3 aromatic rings. The Bertz CT molecular complexity index is 900. The number of aromatic nitrogens is 2. The zero-order valence-corrected chi connectivity index (χ0v) is 15.1. The molecule has 3 heterocycles. The molecule has 2 aromatic heterocycles. The van der Waals surface area contributed by atoms with Crippen molar-refractivity contribution < 1.29 is 14.5 Å². The summed E-state index contributed by atoms with van der Waals surface area (Å²) >= 11 is 3.44. The number of hydrogen-bond donors (Lipinski definition) is 1. The van der Waals surface area contributed by atoms with Crippen LogP contribution in [0, 0.1) is 5.92 Å². The van der Waals surface area contributed by atoms with Gasteiger partial charge >= 0.3 is 0 Å². The van der Waals surface area contributed by atoms with Gasteiger partial charge in [0.05, 0.1) is 17.7 Å². The molecule has 1 aromatic carbocycles. The van der Waals surface area contributed by atoms with Gasteiger partial charge in [-0.05, 0) is 29.8 Å². The highest BCUT2D eigenvalue weighted by atomic mass is 79.9. The van der Waals surface area contributed by atoms with E-state index in [1.54, 1.807) is 0 Å². The quantitative estimate of drug-likeness (QED) is 0.687. The maximum absolute atomic E-state index is 12.4. The van der Waals surface area contributed by atoms with Gasteiger partial charge in [-0.2, -0.15) is 0 Å². The number of aliphatic hydroxyl groups is 1. The molecule has 2 atom stereocenters. The van der Waals surface area contributed by atoms with E-state index in [4.69, 9.17) is 0 Å². The van der Waals surface area contributed by atoms with Crippen LogP contribution in [-0.4, -0.2) is 15.5 Å². The van der Waals surface area contributed by atoms with Crippen LogP contribution < -0.4 is 4.57 Å². The Kier molecular flexibility index (Phi) is 4.27. The number of pyridine rings is 1. The highest BCUT2D eigenvalue weighted by Gasteiger charge is 2.36. The van der Waals surface area contributed by atoms with Crippen molar-refractivity contribution >= 4 is 21.7 Å². The zero-order chi connectivity index (χ0) is 17.4. The summed E-state index contributed by atoms with van der Waals surface area (Å²) in [6, 6.07) is 15.7. The van der Waals surface area contributed by atoms with E-state index in [0.717, 1.165) is 16.6 Å². The molecule has 25 heavy (non-hydrogen) atoms. The van der Waals surface area contributed by atoms with Crippen molar-refractivity contribution in [3.63, 3.8) is 0 Å². The van der Waals surface area contributed by atoms with E-state index in [1.165, 1.54) is 5.56 Å². The van der Waals surface area contributed by atoms with E-state index in [9.17, 15) is 9.90 Å². The number of carbonyl (C=O) groups is 1. The lowest BCUT2D eigenvalue weighted by Gasteiger charge is -2.16. The minimum atomic E-state index is -0.783. The molecule has 0 unspecified atom stereocenters. The molecule has 0 radical (unpaired) electrons. The standard InChI is InChI=1S/C20H18BrN2O2/c21-16-5-3-14(4-6-16)12-22-10-7-15(8-11-22)19(24)17-13-23-9-1-2-18(23)20(17)25/h1-11,17,19,24H,12-13H2/q+1/t17-,19-/m0/s1. The predicted octanol–water partition coefficient (Wildman–Crippen LogP) is 3.13. The third kappa shape index (κ3) is 3.17. The molecule has 0 saturated heterocycles. The van der Waals surface area contributed by atoms with Crippen molar-refractivity contribution in [3.8, 4) is 0 Å². The highest BCUT2D eigenvalue weighted by molar-refractivity contribution is 9.10. The van der Waals surface area contributed by atoms with Crippen LogP contribution in [0.1, 0.15) is 27.7 Å². The van der Waals surface area contributed by atoms with Gasteiger partial charge in [-0.25, -0.2) is 4.57 Å². The molecular formula is C20H18BrN2O2+. The maximum atomic E-state index is 12.4. The molecule has 0 amide bonds. The second-order valence-electron chi connectivity index (χ2n) is 6.39. The van der Waals surface area contributed by atoms with E-state index in [2.05, 4.69) is 32.6 Å². The van der Waals surface area contributed by atoms with Gasteiger partial charge in [0, 0.05) is 34.9 Å². The van der Waals surface area contributed by atoms with Gasteiger partial charge in [0.15, 0.2) is 24.7 Å². The first-order valence-corrected chi connectivity index (χ1v) is 9.02. The Labute approximate surface area is 154 Å². The molecule has 0 saturated carbocycles. The van der Waals surface area contributed by atoms with Gasteiger partial charge in [0.2, 0.25) is 0 Å². The fourth-order valence-electron chi connectivity index (χ4n) is 3.33. The third-order valence-electron chi connectivity index (χ3n) is 4.73. The summed E-state index contributed by atoms with van der Waals surface area (Å²) < 4.78 is 5.03. The van der Waals surface area contributed by atoms with E-state index in [0.29, 0.717) is 12.2 Å². The Morgan fingerprint density at radius 2 is 1.88 bits per heavy atom. The third-order valence-corrected chi connectivity index (χ3v) is 5.26. The summed E-state index contributed by atoms with van der Waals surface area (Å²) in [6.07, 6.45) is 4.99. The molecule has 0 bridgehead atoms. The molecular weight excluding hydrogens is 380 g/mol. The molecule has 0 aliphatic carbocycles. The number of halogens is 1. The molecule has 1 aliphatic heterocycles. The lowest BCUT2D eigenvalue weighted by atomic mass is 9.93. The molecule has 1 aliphatic rings. The number of ketones is 1. The summed E-state index contributed by atoms with van der Waals surface area (Å²) in [5.74, 6) is -0.386. The lowest BCUT2D eigenvalue weighted by Crippen LogP contribution is -2.33. The van der Waals surface area contributed by atoms with Crippen molar-refractivity contribution in [2.45, 2.75) is 19.2 Å². The molecule has 1 N–H and O–H groups in total. The fourth-order valence-corrected chi connectivity index (χ4v) is 3.59. The number of nitrogens with zero attached hydrogens (tertiary/aromatic N) is 2. The van der Waals surface area contributed by atoms with Crippen LogP contribution in [0.4, 0.5) is 0 Å². The summed E-state index contributed by atoms with van der Waals surface area (Å²) in [7, 11) is 0.